The Hall–Kier alpha value is -3.06. The Kier molecular flexibility index (Phi) is 7.52. The van der Waals surface area contributed by atoms with Crippen LogP contribution >= 0.6 is 0 Å². The molecule has 2 aliphatic heterocycles. The van der Waals surface area contributed by atoms with Gasteiger partial charge in [0.1, 0.15) is 12.6 Å². The summed E-state index contributed by atoms with van der Waals surface area (Å²) < 4.78 is 17.8. The van der Waals surface area contributed by atoms with Crippen molar-refractivity contribution in [2.75, 3.05) is 19.8 Å². The number of hydrogen-bond acceptors (Lipinski definition) is 5. The number of rotatable bonds is 7. The highest BCUT2D eigenvalue weighted by Gasteiger charge is 2.40. The Morgan fingerprint density at radius 3 is 2.40 bits per heavy atom. The van der Waals surface area contributed by atoms with Crippen LogP contribution in [0.5, 0.6) is 11.5 Å². The summed E-state index contributed by atoms with van der Waals surface area (Å²) in [6.07, 6.45) is 6.27. The Balaban J connectivity index is 1.44. The second-order valence-electron chi connectivity index (χ2n) is 9.65. The van der Waals surface area contributed by atoms with Gasteiger partial charge in [0, 0.05) is 19.2 Å². The molecular formula is C28H34N2O5. The standard InChI is InChI=1S/C28H34N2O5/c31-27(29-21-12-5-2-6-13-21)26(20-10-3-1-4-11-20)30(18-22-14-9-17-33-22)28(32)25-19-34-23-15-7-8-16-24(23)35-25/h1,3-4,7-8,10-11,15-16,21-22,25-26H,2,5-6,9,12-14,17-19H2,(H,29,31)/t22-,25+,26-/m0/s1. The highest BCUT2D eigenvalue weighted by molar-refractivity contribution is 5.91. The second-order valence-corrected chi connectivity index (χ2v) is 9.65. The van der Waals surface area contributed by atoms with Crippen molar-refractivity contribution in [3.63, 3.8) is 0 Å². The summed E-state index contributed by atoms with van der Waals surface area (Å²) in [6.45, 7) is 1.11. The van der Waals surface area contributed by atoms with Gasteiger partial charge in [0.15, 0.2) is 11.5 Å². The summed E-state index contributed by atoms with van der Waals surface area (Å²) in [7, 11) is 0. The molecule has 2 aromatic rings. The number of benzene rings is 2. The average Bonchev–Trinajstić information content (AvgIpc) is 3.42. The van der Waals surface area contributed by atoms with Crippen LogP contribution in [0.4, 0.5) is 0 Å². The van der Waals surface area contributed by atoms with Gasteiger partial charge in [-0.15, -0.1) is 0 Å². The molecule has 1 saturated heterocycles. The molecule has 3 aliphatic rings. The van der Waals surface area contributed by atoms with E-state index in [2.05, 4.69) is 5.32 Å². The monoisotopic (exact) mass is 478 g/mol. The molecule has 7 heteroatoms. The molecule has 0 radical (unpaired) electrons. The minimum atomic E-state index is -0.833. The molecule has 0 bridgehead atoms. The molecule has 0 unspecified atom stereocenters. The molecule has 2 heterocycles. The maximum absolute atomic E-state index is 14.0. The third-order valence-corrected chi connectivity index (χ3v) is 7.12. The molecule has 2 amide bonds. The van der Waals surface area contributed by atoms with E-state index in [0.29, 0.717) is 24.7 Å². The molecule has 0 aromatic heterocycles. The van der Waals surface area contributed by atoms with Crippen molar-refractivity contribution in [2.24, 2.45) is 0 Å². The van der Waals surface area contributed by atoms with Gasteiger partial charge in [0.2, 0.25) is 12.0 Å². The maximum Gasteiger partial charge on any atom is 0.268 e. The van der Waals surface area contributed by atoms with Crippen molar-refractivity contribution < 1.29 is 23.8 Å². The molecule has 2 fully saturated rings. The van der Waals surface area contributed by atoms with Crippen molar-refractivity contribution in [3.8, 4) is 11.5 Å². The first-order chi connectivity index (χ1) is 17.2. The number of para-hydroxylation sites is 2. The Morgan fingerprint density at radius 1 is 0.914 bits per heavy atom. The Bertz CT molecular complexity index is 1000. The highest BCUT2D eigenvalue weighted by Crippen LogP contribution is 2.33. The fourth-order valence-electron chi connectivity index (χ4n) is 5.29. The number of nitrogens with zero attached hydrogens (tertiary/aromatic N) is 1. The van der Waals surface area contributed by atoms with E-state index in [1.54, 1.807) is 11.0 Å². The van der Waals surface area contributed by atoms with Gasteiger partial charge in [0.05, 0.1) is 6.10 Å². The minimum Gasteiger partial charge on any atom is -0.485 e. The number of fused-ring (bicyclic) bond motifs is 1. The summed E-state index contributed by atoms with van der Waals surface area (Å²) in [6, 6.07) is 16.3. The smallest absolute Gasteiger partial charge is 0.268 e. The lowest BCUT2D eigenvalue weighted by Crippen LogP contribution is -2.54. The molecule has 35 heavy (non-hydrogen) atoms. The molecule has 186 valence electrons. The first-order valence-electron chi connectivity index (χ1n) is 12.8. The van der Waals surface area contributed by atoms with Gasteiger partial charge in [-0.1, -0.05) is 61.7 Å². The molecule has 3 atom stereocenters. The second kappa shape index (κ2) is 11.1. The molecule has 1 N–H and O–H groups in total. The van der Waals surface area contributed by atoms with Gasteiger partial charge in [-0.05, 0) is 43.4 Å². The van der Waals surface area contributed by atoms with Crippen LogP contribution in [0.15, 0.2) is 54.6 Å². The zero-order chi connectivity index (χ0) is 24.0. The van der Waals surface area contributed by atoms with E-state index in [0.717, 1.165) is 44.1 Å². The molecule has 5 rings (SSSR count). The molecule has 2 aromatic carbocycles. The van der Waals surface area contributed by atoms with E-state index in [4.69, 9.17) is 14.2 Å². The average molecular weight is 479 g/mol. The van der Waals surface area contributed by atoms with Gasteiger partial charge in [-0.3, -0.25) is 9.59 Å². The number of carbonyl (C=O) groups is 2. The zero-order valence-electron chi connectivity index (χ0n) is 20.1. The summed E-state index contributed by atoms with van der Waals surface area (Å²) in [5.41, 5.74) is 0.782. The van der Waals surface area contributed by atoms with Gasteiger partial charge in [0.25, 0.3) is 5.91 Å². The van der Waals surface area contributed by atoms with Crippen LogP contribution in [0, 0.1) is 0 Å². The SMILES string of the molecule is O=C(NC1CCCCC1)[C@H](c1ccccc1)N(C[C@@H]1CCCO1)C(=O)[C@H]1COc2ccccc2O1. The zero-order valence-corrected chi connectivity index (χ0v) is 20.1. The first kappa shape index (κ1) is 23.7. The van der Waals surface area contributed by atoms with Gasteiger partial charge >= 0.3 is 0 Å². The Morgan fingerprint density at radius 2 is 1.66 bits per heavy atom. The summed E-state index contributed by atoms with van der Waals surface area (Å²) in [4.78, 5) is 29.4. The van der Waals surface area contributed by atoms with Gasteiger partial charge in [-0.25, -0.2) is 0 Å². The van der Waals surface area contributed by atoms with Gasteiger partial charge < -0.3 is 24.4 Å². The van der Waals surface area contributed by atoms with E-state index in [1.165, 1.54) is 6.42 Å². The van der Waals surface area contributed by atoms with Crippen molar-refractivity contribution in [3.05, 3.63) is 60.2 Å². The summed E-state index contributed by atoms with van der Waals surface area (Å²) in [5, 5.41) is 3.25. The van der Waals surface area contributed by atoms with Crippen molar-refractivity contribution in [1.82, 2.24) is 10.2 Å². The summed E-state index contributed by atoms with van der Waals surface area (Å²) >= 11 is 0. The number of nitrogens with one attached hydrogen (secondary N) is 1. The quantitative estimate of drug-likeness (QED) is 0.650. The molecule has 7 nitrogen and oxygen atoms in total. The topological polar surface area (TPSA) is 77.1 Å². The molecule has 1 saturated carbocycles. The fraction of sp³-hybridized carbons (Fsp3) is 0.500. The third-order valence-electron chi connectivity index (χ3n) is 7.12. The van der Waals surface area contributed by atoms with Crippen LogP contribution < -0.4 is 14.8 Å². The Labute approximate surface area is 206 Å². The predicted octanol–water partition coefficient (Wildman–Crippen LogP) is 4.02. The number of ether oxygens (including phenoxy) is 3. The van der Waals surface area contributed by atoms with E-state index < -0.39 is 12.1 Å². The lowest BCUT2D eigenvalue weighted by Gasteiger charge is -2.37. The molecule has 1 aliphatic carbocycles. The highest BCUT2D eigenvalue weighted by atomic mass is 16.6. The van der Waals surface area contributed by atoms with Crippen LogP contribution in [0.25, 0.3) is 0 Å². The van der Waals surface area contributed by atoms with Crippen molar-refractivity contribution >= 4 is 11.8 Å². The molecular weight excluding hydrogens is 444 g/mol. The van der Waals surface area contributed by atoms with E-state index in [1.807, 2.05) is 48.5 Å². The lowest BCUT2D eigenvalue weighted by atomic mass is 9.94. The lowest BCUT2D eigenvalue weighted by molar-refractivity contribution is -0.150. The largest absolute Gasteiger partial charge is 0.485 e. The minimum absolute atomic E-state index is 0.101. The first-order valence-corrected chi connectivity index (χ1v) is 12.8. The van der Waals surface area contributed by atoms with E-state index >= 15 is 0 Å². The maximum atomic E-state index is 14.0. The number of amides is 2. The summed E-state index contributed by atoms with van der Waals surface area (Å²) in [5.74, 6) is 0.753. The van der Waals surface area contributed by atoms with Crippen LogP contribution in [0.2, 0.25) is 0 Å². The van der Waals surface area contributed by atoms with Gasteiger partial charge in [-0.2, -0.15) is 0 Å². The van der Waals surface area contributed by atoms with Crippen LogP contribution in [-0.4, -0.2) is 54.7 Å². The predicted molar refractivity (Wildman–Crippen MR) is 131 cm³/mol. The number of carbonyl (C=O) groups excluding carboxylic acids is 2. The normalized spacial score (nSPS) is 22.9. The van der Waals surface area contributed by atoms with E-state index in [-0.39, 0.29) is 30.6 Å². The van der Waals surface area contributed by atoms with Crippen LogP contribution in [-0.2, 0) is 14.3 Å². The fourth-order valence-corrected chi connectivity index (χ4v) is 5.29. The number of hydrogen-bond donors (Lipinski definition) is 1. The van der Waals surface area contributed by atoms with Crippen molar-refractivity contribution in [2.45, 2.75) is 69.2 Å². The molecule has 0 spiro atoms. The van der Waals surface area contributed by atoms with Crippen LogP contribution in [0.3, 0.4) is 0 Å². The van der Waals surface area contributed by atoms with Crippen molar-refractivity contribution in [1.29, 1.82) is 0 Å². The van der Waals surface area contributed by atoms with E-state index in [9.17, 15) is 9.59 Å². The van der Waals surface area contributed by atoms with Crippen LogP contribution in [0.1, 0.15) is 56.6 Å². The third kappa shape index (κ3) is 5.61.